The Labute approximate surface area is 136 Å². The van der Waals surface area contributed by atoms with E-state index in [1.165, 1.54) is 18.4 Å². The Morgan fingerprint density at radius 2 is 1.91 bits per heavy atom. The van der Waals surface area contributed by atoms with Crippen molar-refractivity contribution in [1.29, 1.82) is 0 Å². The second kappa shape index (κ2) is 6.93. The molecule has 0 amide bonds. The number of aryl methyl sites for hydroxylation is 1. The maximum Gasteiger partial charge on any atom is 0.241 e. The molecule has 2 aromatic rings. The first kappa shape index (κ1) is 17.2. The highest BCUT2D eigenvalue weighted by Crippen LogP contribution is 2.25. The minimum absolute atomic E-state index is 0.122. The van der Waals surface area contributed by atoms with E-state index in [0.717, 1.165) is 5.56 Å². The largest absolute Gasteiger partial charge is 0.467 e. The van der Waals surface area contributed by atoms with Crippen LogP contribution in [0.4, 0.5) is 0 Å². The fraction of sp³-hybridized carbons (Fsp3) is 0.235. The summed E-state index contributed by atoms with van der Waals surface area (Å²) in [5.41, 5.74) is 1.11. The molecule has 2 rings (SSSR count). The topological polar surface area (TPSA) is 76.4 Å². The Hall–Kier alpha value is -2.18. The molecule has 0 saturated carbocycles. The Bertz CT molecular complexity index is 790. The van der Waals surface area contributed by atoms with Gasteiger partial charge in [0.2, 0.25) is 10.0 Å². The van der Waals surface area contributed by atoms with Crippen LogP contribution in [-0.4, -0.2) is 14.2 Å². The minimum atomic E-state index is -3.81. The highest BCUT2D eigenvalue weighted by molar-refractivity contribution is 7.89. The smallest absolute Gasteiger partial charge is 0.241 e. The molecule has 0 aliphatic rings. The van der Waals surface area contributed by atoms with Crippen LogP contribution in [0.15, 0.2) is 64.1 Å². The van der Waals surface area contributed by atoms with Crippen LogP contribution in [0.5, 0.6) is 0 Å². The van der Waals surface area contributed by atoms with Crippen LogP contribution in [-0.2, 0) is 14.8 Å². The normalized spacial score (nSPS) is 12.8. The molecule has 0 aliphatic heterocycles. The van der Waals surface area contributed by atoms with Crippen LogP contribution in [0.25, 0.3) is 0 Å². The van der Waals surface area contributed by atoms with Gasteiger partial charge in [-0.05, 0) is 31.2 Å². The number of Topliss-reactive ketones (excluding diaryl/α,β-unsaturated/α-hetero) is 1. The monoisotopic (exact) mass is 333 g/mol. The molecule has 0 spiro atoms. The number of rotatable bonds is 7. The van der Waals surface area contributed by atoms with E-state index in [9.17, 15) is 13.2 Å². The highest BCUT2D eigenvalue weighted by Gasteiger charge is 2.28. The maximum atomic E-state index is 12.6. The van der Waals surface area contributed by atoms with Crippen molar-refractivity contribution in [3.05, 3.63) is 66.1 Å². The number of nitrogens with one attached hydrogen (secondary N) is 1. The first-order chi connectivity index (χ1) is 10.8. The van der Waals surface area contributed by atoms with Gasteiger partial charge in [0.1, 0.15) is 11.8 Å². The van der Waals surface area contributed by atoms with Gasteiger partial charge in [-0.2, -0.15) is 4.72 Å². The molecule has 122 valence electrons. The summed E-state index contributed by atoms with van der Waals surface area (Å²) < 4.78 is 32.9. The van der Waals surface area contributed by atoms with E-state index < -0.39 is 16.1 Å². The summed E-state index contributed by atoms with van der Waals surface area (Å²) in [5, 5.41) is 0. The van der Waals surface area contributed by atoms with Crippen molar-refractivity contribution in [1.82, 2.24) is 4.72 Å². The van der Waals surface area contributed by atoms with E-state index in [-0.39, 0.29) is 22.7 Å². The molecule has 0 fully saturated rings. The van der Waals surface area contributed by atoms with Gasteiger partial charge < -0.3 is 4.42 Å². The molecular formula is C17H19NO4S. The van der Waals surface area contributed by atoms with Gasteiger partial charge in [-0.3, -0.25) is 4.79 Å². The maximum absolute atomic E-state index is 12.6. The van der Waals surface area contributed by atoms with Crippen LogP contribution >= 0.6 is 0 Å². The molecule has 0 radical (unpaired) electrons. The predicted molar refractivity (Wildman–Crippen MR) is 87.4 cm³/mol. The van der Waals surface area contributed by atoms with Crippen LogP contribution < -0.4 is 4.72 Å². The molecule has 0 bridgehead atoms. The van der Waals surface area contributed by atoms with E-state index in [1.807, 2.05) is 6.92 Å². The number of carbonyl (C=O) groups excluding carboxylic acids is 1. The quantitative estimate of drug-likeness (QED) is 0.790. The van der Waals surface area contributed by atoms with Gasteiger partial charge in [0.05, 0.1) is 11.2 Å². The molecule has 1 aromatic carbocycles. The summed E-state index contributed by atoms with van der Waals surface area (Å²) in [4.78, 5) is 12.1. The number of carbonyl (C=O) groups is 1. The van der Waals surface area contributed by atoms with Crippen molar-refractivity contribution in [2.75, 3.05) is 0 Å². The van der Waals surface area contributed by atoms with Crippen molar-refractivity contribution >= 4 is 15.8 Å². The molecule has 1 atom stereocenters. The lowest BCUT2D eigenvalue weighted by Gasteiger charge is -2.18. The van der Waals surface area contributed by atoms with E-state index in [1.54, 1.807) is 31.2 Å². The zero-order valence-corrected chi connectivity index (χ0v) is 13.9. The molecule has 1 heterocycles. The summed E-state index contributed by atoms with van der Waals surface area (Å²) >= 11 is 0. The molecule has 0 aliphatic carbocycles. The lowest BCUT2D eigenvalue weighted by atomic mass is 10.0. The zero-order valence-electron chi connectivity index (χ0n) is 13.1. The van der Waals surface area contributed by atoms with Crippen LogP contribution in [0.3, 0.4) is 0 Å². The summed E-state index contributed by atoms with van der Waals surface area (Å²) in [6.07, 6.45) is 1.66. The molecule has 0 saturated heterocycles. The summed E-state index contributed by atoms with van der Waals surface area (Å²) in [6, 6.07) is 8.76. The van der Waals surface area contributed by atoms with Crippen molar-refractivity contribution in [3.63, 3.8) is 0 Å². The lowest BCUT2D eigenvalue weighted by Crippen LogP contribution is -2.31. The third-order valence-corrected chi connectivity index (χ3v) is 4.90. The summed E-state index contributed by atoms with van der Waals surface area (Å²) in [6.45, 7) is 7.31. The van der Waals surface area contributed by atoms with E-state index in [4.69, 9.17) is 4.42 Å². The van der Waals surface area contributed by atoms with Crippen LogP contribution in [0.1, 0.15) is 30.7 Å². The number of furan rings is 1. The number of hydrogen-bond donors (Lipinski definition) is 1. The fourth-order valence-electron chi connectivity index (χ4n) is 2.09. The van der Waals surface area contributed by atoms with Crippen LogP contribution in [0, 0.1) is 6.92 Å². The van der Waals surface area contributed by atoms with Crippen molar-refractivity contribution < 1.29 is 17.6 Å². The fourth-order valence-corrected chi connectivity index (χ4v) is 3.28. The number of benzene rings is 1. The van der Waals surface area contributed by atoms with Crippen molar-refractivity contribution in [3.8, 4) is 0 Å². The van der Waals surface area contributed by atoms with Gasteiger partial charge in [-0.25, -0.2) is 8.42 Å². The Balaban J connectivity index is 2.36. The number of ketones is 1. The third-order valence-electron chi connectivity index (χ3n) is 3.46. The average Bonchev–Trinajstić information content (AvgIpc) is 3.06. The molecule has 6 heteroatoms. The van der Waals surface area contributed by atoms with Gasteiger partial charge in [0.25, 0.3) is 0 Å². The zero-order chi connectivity index (χ0) is 17.0. The van der Waals surface area contributed by atoms with Gasteiger partial charge in [-0.1, -0.05) is 31.2 Å². The van der Waals surface area contributed by atoms with Crippen molar-refractivity contribution in [2.45, 2.75) is 31.2 Å². The standard InChI is InChI=1S/C17H19NO4S/c1-4-15(19)13(3)17(16-6-5-11-22-16)18-23(20,21)14-9-7-12(2)8-10-14/h5-11,17-18H,3-4H2,1-2H3/t17-/m1/s1. The second-order valence-corrected chi connectivity index (χ2v) is 6.90. The van der Waals surface area contributed by atoms with Gasteiger partial charge in [0.15, 0.2) is 5.78 Å². The van der Waals surface area contributed by atoms with Gasteiger partial charge >= 0.3 is 0 Å². The molecular weight excluding hydrogens is 314 g/mol. The van der Waals surface area contributed by atoms with Crippen molar-refractivity contribution in [2.24, 2.45) is 0 Å². The minimum Gasteiger partial charge on any atom is -0.467 e. The molecule has 5 nitrogen and oxygen atoms in total. The predicted octanol–water partition coefficient (Wildman–Crippen LogP) is 3.14. The summed E-state index contributed by atoms with van der Waals surface area (Å²) in [7, 11) is -3.81. The van der Waals surface area contributed by atoms with Gasteiger partial charge in [0, 0.05) is 12.0 Å². The summed E-state index contributed by atoms with van der Waals surface area (Å²) in [5.74, 6) is 0.102. The molecule has 1 N–H and O–H groups in total. The first-order valence-electron chi connectivity index (χ1n) is 7.19. The van der Waals surface area contributed by atoms with E-state index in [0.29, 0.717) is 5.76 Å². The molecule has 0 unspecified atom stereocenters. The lowest BCUT2D eigenvalue weighted by molar-refractivity contribution is -0.115. The highest BCUT2D eigenvalue weighted by atomic mass is 32.2. The SMILES string of the molecule is C=C(C(=O)CC)[C@@H](NS(=O)(=O)c1ccc(C)cc1)c1ccco1. The number of sulfonamides is 1. The third kappa shape index (κ3) is 3.97. The van der Waals surface area contributed by atoms with Crippen LogP contribution in [0.2, 0.25) is 0 Å². The average molecular weight is 333 g/mol. The first-order valence-corrected chi connectivity index (χ1v) is 8.68. The molecule has 23 heavy (non-hydrogen) atoms. The van der Waals surface area contributed by atoms with E-state index in [2.05, 4.69) is 11.3 Å². The van der Waals surface area contributed by atoms with E-state index >= 15 is 0 Å². The second-order valence-electron chi connectivity index (χ2n) is 5.18. The molecule has 1 aromatic heterocycles. The Morgan fingerprint density at radius 1 is 1.26 bits per heavy atom. The Morgan fingerprint density at radius 3 is 2.43 bits per heavy atom. The number of hydrogen-bond acceptors (Lipinski definition) is 4. The van der Waals surface area contributed by atoms with Gasteiger partial charge in [-0.15, -0.1) is 0 Å². The Kier molecular flexibility index (Phi) is 5.18.